The van der Waals surface area contributed by atoms with Gasteiger partial charge in [0.05, 0.1) is 25.8 Å². The van der Waals surface area contributed by atoms with Gasteiger partial charge in [-0.05, 0) is 25.1 Å². The van der Waals surface area contributed by atoms with Crippen LogP contribution in [0.3, 0.4) is 0 Å². The zero-order valence-electron chi connectivity index (χ0n) is 15.2. The van der Waals surface area contributed by atoms with Gasteiger partial charge in [-0.15, -0.1) is 0 Å². The van der Waals surface area contributed by atoms with Gasteiger partial charge < -0.3 is 19.5 Å². The molecule has 0 aliphatic heterocycles. The van der Waals surface area contributed by atoms with Crippen LogP contribution in [-0.4, -0.2) is 34.7 Å². The Kier molecular flexibility index (Phi) is 6.42. The van der Waals surface area contributed by atoms with E-state index in [-0.39, 0.29) is 41.2 Å². The first kappa shape index (κ1) is 21.0. The first-order valence-corrected chi connectivity index (χ1v) is 8.14. The predicted octanol–water partition coefficient (Wildman–Crippen LogP) is 2.08. The number of methoxy groups -OCH3 is 1. The summed E-state index contributed by atoms with van der Waals surface area (Å²) in [5.74, 6) is -2.14. The molecule has 7 nitrogen and oxygen atoms in total. The van der Waals surface area contributed by atoms with Crippen molar-refractivity contribution < 1.29 is 28.5 Å². The Bertz CT molecular complexity index is 1060. The molecule has 2 N–H and O–H groups in total. The highest BCUT2D eigenvalue weighted by Crippen LogP contribution is 2.19. The van der Waals surface area contributed by atoms with Gasteiger partial charge in [0, 0.05) is 17.8 Å². The molecule has 9 heteroatoms. The van der Waals surface area contributed by atoms with Gasteiger partial charge >= 0.3 is 5.97 Å². The molecule has 2 heterocycles. The van der Waals surface area contributed by atoms with E-state index in [0.717, 1.165) is 12.1 Å². The molecule has 3 aromatic rings. The minimum atomic E-state index is -0.836. The highest BCUT2D eigenvalue weighted by Gasteiger charge is 2.19. The third-order valence-corrected chi connectivity index (χ3v) is 4.00. The topological polar surface area (TPSA) is 102 Å². The maximum atomic E-state index is 14.1. The van der Waals surface area contributed by atoms with E-state index in [4.69, 9.17) is 9.47 Å². The summed E-state index contributed by atoms with van der Waals surface area (Å²) in [7, 11) is 1.39. The number of carbonyl (C=O) groups is 1. The second-order valence-electron chi connectivity index (χ2n) is 5.64. The molecule has 0 fully saturated rings. The van der Waals surface area contributed by atoms with Gasteiger partial charge in [0.15, 0.2) is 0 Å². The summed E-state index contributed by atoms with van der Waals surface area (Å²) < 4.78 is 39.5. The van der Waals surface area contributed by atoms with E-state index in [2.05, 4.69) is 4.98 Å². The summed E-state index contributed by atoms with van der Waals surface area (Å²) in [6.07, 6.45) is 1.22. The molecule has 0 bridgehead atoms. The lowest BCUT2D eigenvalue weighted by molar-refractivity contribution is 0.0524. The number of halogens is 2. The molecule has 0 spiro atoms. The lowest BCUT2D eigenvalue weighted by Crippen LogP contribution is -2.22. The molecular formula is C19H18F2N2O5. The molecule has 1 aromatic carbocycles. The van der Waals surface area contributed by atoms with Crippen LogP contribution in [0.15, 0.2) is 41.3 Å². The second-order valence-corrected chi connectivity index (χ2v) is 5.64. The zero-order chi connectivity index (χ0) is 19.6. The van der Waals surface area contributed by atoms with Crippen molar-refractivity contribution in [2.45, 2.75) is 13.5 Å². The van der Waals surface area contributed by atoms with Gasteiger partial charge in [-0.1, -0.05) is 6.07 Å². The number of hydrogen-bond donors (Lipinski definition) is 0. The largest absolute Gasteiger partial charge is 0.481 e. The summed E-state index contributed by atoms with van der Waals surface area (Å²) in [6.45, 7) is 1.44. The minimum absolute atomic E-state index is 0. The maximum absolute atomic E-state index is 14.1. The molecule has 0 aliphatic carbocycles. The van der Waals surface area contributed by atoms with Crippen LogP contribution in [0.5, 0.6) is 5.88 Å². The van der Waals surface area contributed by atoms with E-state index >= 15 is 0 Å². The molecule has 2 aromatic heterocycles. The van der Waals surface area contributed by atoms with Gasteiger partial charge in [-0.3, -0.25) is 4.79 Å². The van der Waals surface area contributed by atoms with Gasteiger partial charge in [0.25, 0.3) is 0 Å². The van der Waals surface area contributed by atoms with Crippen LogP contribution in [0.4, 0.5) is 8.78 Å². The van der Waals surface area contributed by atoms with Crippen LogP contribution >= 0.6 is 0 Å². The number of carbonyl (C=O) groups excluding carboxylic acids is 1. The fourth-order valence-electron chi connectivity index (χ4n) is 2.70. The third kappa shape index (κ3) is 3.84. The summed E-state index contributed by atoms with van der Waals surface area (Å²) >= 11 is 0. The Morgan fingerprint density at radius 2 is 1.86 bits per heavy atom. The van der Waals surface area contributed by atoms with E-state index in [1.165, 1.54) is 36.1 Å². The van der Waals surface area contributed by atoms with Crippen molar-refractivity contribution in [1.29, 1.82) is 0 Å². The molecule has 0 amide bonds. The lowest BCUT2D eigenvalue weighted by atomic mass is 10.1. The number of aromatic nitrogens is 2. The van der Waals surface area contributed by atoms with Crippen LogP contribution in [0.1, 0.15) is 22.8 Å². The summed E-state index contributed by atoms with van der Waals surface area (Å²) in [6, 6.07) is 6.58. The number of ether oxygens (including phenoxy) is 2. The van der Waals surface area contributed by atoms with Crippen molar-refractivity contribution in [3.8, 4) is 5.88 Å². The molecule has 148 valence electrons. The summed E-state index contributed by atoms with van der Waals surface area (Å²) in [5.41, 5.74) is -0.879. The fraction of sp³-hybridized carbons (Fsp3) is 0.211. The van der Waals surface area contributed by atoms with Gasteiger partial charge in [-0.2, -0.15) is 0 Å². The van der Waals surface area contributed by atoms with Crippen molar-refractivity contribution >= 4 is 17.0 Å². The number of rotatable bonds is 5. The fourth-order valence-corrected chi connectivity index (χ4v) is 2.70. The molecule has 28 heavy (non-hydrogen) atoms. The summed E-state index contributed by atoms with van der Waals surface area (Å²) in [5, 5.41) is 0. The monoisotopic (exact) mass is 392 g/mol. The van der Waals surface area contributed by atoms with E-state index < -0.39 is 23.0 Å². The lowest BCUT2D eigenvalue weighted by Gasteiger charge is -2.14. The molecule has 0 saturated carbocycles. The molecule has 0 aliphatic rings. The Labute approximate surface area is 158 Å². The number of benzene rings is 1. The van der Waals surface area contributed by atoms with Crippen molar-refractivity contribution in [2.24, 2.45) is 0 Å². The molecule has 3 rings (SSSR count). The van der Waals surface area contributed by atoms with Crippen LogP contribution in [-0.2, 0) is 11.3 Å². The quantitative estimate of drug-likeness (QED) is 0.619. The van der Waals surface area contributed by atoms with Crippen LogP contribution in [0.25, 0.3) is 11.0 Å². The van der Waals surface area contributed by atoms with Crippen LogP contribution in [0.2, 0.25) is 0 Å². The number of nitrogens with zero attached hydrogens (tertiary/aromatic N) is 2. The van der Waals surface area contributed by atoms with Crippen molar-refractivity contribution in [2.75, 3.05) is 13.7 Å². The Hall–Kier alpha value is -3.33. The van der Waals surface area contributed by atoms with Gasteiger partial charge in [0.1, 0.15) is 22.7 Å². The van der Waals surface area contributed by atoms with Crippen LogP contribution < -0.4 is 10.2 Å². The van der Waals surface area contributed by atoms with Crippen molar-refractivity contribution in [3.63, 3.8) is 0 Å². The average Bonchev–Trinajstić information content (AvgIpc) is 2.66. The Balaban J connectivity index is 0.00000280. The molecule has 0 unspecified atom stereocenters. The van der Waals surface area contributed by atoms with Crippen molar-refractivity contribution in [3.05, 3.63) is 69.5 Å². The number of pyridine rings is 2. The van der Waals surface area contributed by atoms with E-state index in [1.54, 1.807) is 6.92 Å². The van der Waals surface area contributed by atoms with E-state index in [9.17, 15) is 18.4 Å². The predicted molar refractivity (Wildman–Crippen MR) is 97.6 cm³/mol. The van der Waals surface area contributed by atoms with Crippen molar-refractivity contribution in [1.82, 2.24) is 9.55 Å². The molecule has 0 atom stereocenters. The Morgan fingerprint density at radius 3 is 2.46 bits per heavy atom. The third-order valence-electron chi connectivity index (χ3n) is 4.00. The zero-order valence-corrected chi connectivity index (χ0v) is 15.2. The van der Waals surface area contributed by atoms with Crippen LogP contribution in [0, 0.1) is 11.6 Å². The Morgan fingerprint density at radius 1 is 1.18 bits per heavy atom. The summed E-state index contributed by atoms with van der Waals surface area (Å²) in [4.78, 5) is 28.9. The highest BCUT2D eigenvalue weighted by molar-refractivity contribution is 5.92. The molecule has 0 saturated heterocycles. The number of esters is 1. The minimum Gasteiger partial charge on any atom is -0.481 e. The molecule has 0 radical (unpaired) electrons. The first-order chi connectivity index (χ1) is 13.0. The van der Waals surface area contributed by atoms with Gasteiger partial charge in [0.2, 0.25) is 11.3 Å². The normalized spacial score (nSPS) is 10.4. The first-order valence-electron chi connectivity index (χ1n) is 8.14. The highest BCUT2D eigenvalue weighted by atomic mass is 19.1. The van der Waals surface area contributed by atoms with Gasteiger partial charge in [-0.25, -0.2) is 18.6 Å². The smallest absolute Gasteiger partial charge is 0.343 e. The standard InChI is InChI=1S/C19H16F2N2O4.H2O/c1-3-27-19(25)12-10-23(9-11-13(20)5-4-6-14(11)21)15-7-8-16(26-2)22-17(15)18(12)24;/h4-8,10H,3,9H2,1-2H3;1H2. The van der Waals surface area contributed by atoms with E-state index in [1.807, 2.05) is 0 Å². The molecular weight excluding hydrogens is 374 g/mol. The number of fused-ring (bicyclic) bond motifs is 1. The average molecular weight is 392 g/mol. The SMILES string of the molecule is CCOC(=O)c1cn(Cc2c(F)cccc2F)c2ccc(OC)nc2c1=O.O. The van der Waals surface area contributed by atoms with E-state index in [0.29, 0.717) is 5.52 Å². The second kappa shape index (κ2) is 8.57. The maximum Gasteiger partial charge on any atom is 0.343 e. The number of hydrogen-bond acceptors (Lipinski definition) is 5.